The first kappa shape index (κ1) is 9.36. The monoisotopic (exact) mass is 223 g/mol. The summed E-state index contributed by atoms with van der Waals surface area (Å²) in [4.78, 5) is 5.36. The number of anilines is 1. The number of rotatable bonds is 3. The third-order valence-electron chi connectivity index (χ3n) is 1.51. The van der Waals surface area contributed by atoms with Gasteiger partial charge >= 0.3 is 0 Å². The Labute approximate surface area is 90.1 Å². The van der Waals surface area contributed by atoms with Crippen molar-refractivity contribution >= 4 is 34.0 Å². The molecule has 0 aliphatic heterocycles. The van der Waals surface area contributed by atoms with Gasteiger partial charge in [-0.3, -0.25) is 5.43 Å². The van der Waals surface area contributed by atoms with E-state index in [0.29, 0.717) is 0 Å². The molecule has 0 radical (unpaired) electrons. The number of aryl methyl sites for hydroxylation is 1. The van der Waals surface area contributed by atoms with Gasteiger partial charge in [0.15, 0.2) is 0 Å². The number of nitrogens with zero attached hydrogens (tertiary/aromatic N) is 2. The Kier molecular flexibility index (Phi) is 2.90. The highest BCUT2D eigenvalue weighted by Gasteiger charge is 1.94. The summed E-state index contributed by atoms with van der Waals surface area (Å²) >= 11 is 3.21. The normalized spacial score (nSPS) is 10.9. The van der Waals surface area contributed by atoms with Gasteiger partial charge in [0.25, 0.3) is 0 Å². The van der Waals surface area contributed by atoms with Crippen LogP contribution in [-0.2, 0) is 0 Å². The van der Waals surface area contributed by atoms with Gasteiger partial charge in [-0.15, -0.1) is 22.7 Å². The third-order valence-corrected chi connectivity index (χ3v) is 3.19. The van der Waals surface area contributed by atoms with Crippen LogP contribution in [0.5, 0.6) is 0 Å². The van der Waals surface area contributed by atoms with Crippen molar-refractivity contribution in [1.29, 1.82) is 0 Å². The first-order chi connectivity index (χ1) is 6.84. The Morgan fingerprint density at radius 3 is 3.07 bits per heavy atom. The van der Waals surface area contributed by atoms with E-state index in [1.807, 2.05) is 29.8 Å². The molecule has 72 valence electrons. The van der Waals surface area contributed by atoms with E-state index in [9.17, 15) is 0 Å². The van der Waals surface area contributed by atoms with Gasteiger partial charge in [-0.2, -0.15) is 5.10 Å². The maximum Gasteiger partial charge on any atom is 0.203 e. The van der Waals surface area contributed by atoms with Gasteiger partial charge < -0.3 is 0 Å². The van der Waals surface area contributed by atoms with Crippen molar-refractivity contribution < 1.29 is 0 Å². The first-order valence-electron chi connectivity index (χ1n) is 4.09. The molecule has 2 aromatic rings. The maximum absolute atomic E-state index is 4.23. The van der Waals surface area contributed by atoms with Crippen LogP contribution in [0.3, 0.4) is 0 Å². The summed E-state index contributed by atoms with van der Waals surface area (Å²) in [5, 5.41) is 8.92. The Morgan fingerprint density at radius 1 is 1.50 bits per heavy atom. The van der Waals surface area contributed by atoms with Gasteiger partial charge in [0.05, 0.1) is 11.9 Å². The van der Waals surface area contributed by atoms with Crippen molar-refractivity contribution in [3.05, 3.63) is 33.5 Å². The van der Waals surface area contributed by atoms with Gasteiger partial charge in [-0.05, 0) is 18.4 Å². The number of thiophene rings is 1. The van der Waals surface area contributed by atoms with Crippen LogP contribution in [0.4, 0.5) is 5.13 Å². The van der Waals surface area contributed by atoms with Crippen LogP contribution in [0.25, 0.3) is 0 Å². The summed E-state index contributed by atoms with van der Waals surface area (Å²) in [5.41, 5.74) is 3.90. The highest BCUT2D eigenvalue weighted by atomic mass is 32.1. The van der Waals surface area contributed by atoms with E-state index in [2.05, 4.69) is 15.5 Å². The zero-order valence-electron chi connectivity index (χ0n) is 7.60. The molecule has 0 amide bonds. The number of hydrogen-bond acceptors (Lipinski definition) is 5. The van der Waals surface area contributed by atoms with Gasteiger partial charge in [0.1, 0.15) is 0 Å². The fraction of sp³-hybridized carbons (Fsp3) is 0.111. The molecule has 0 bridgehead atoms. The van der Waals surface area contributed by atoms with E-state index in [-0.39, 0.29) is 0 Å². The molecule has 0 aromatic carbocycles. The van der Waals surface area contributed by atoms with Crippen LogP contribution >= 0.6 is 22.7 Å². The quantitative estimate of drug-likeness (QED) is 0.641. The molecule has 1 N–H and O–H groups in total. The lowest BCUT2D eigenvalue weighted by Crippen LogP contribution is -1.88. The fourth-order valence-corrected chi connectivity index (χ4v) is 2.14. The average Bonchev–Trinajstić information content (AvgIpc) is 2.77. The zero-order valence-corrected chi connectivity index (χ0v) is 9.23. The zero-order chi connectivity index (χ0) is 9.80. The van der Waals surface area contributed by atoms with Gasteiger partial charge in [-0.25, -0.2) is 4.98 Å². The van der Waals surface area contributed by atoms with Crippen molar-refractivity contribution in [3.63, 3.8) is 0 Å². The second-order valence-corrected chi connectivity index (χ2v) is 4.52. The maximum atomic E-state index is 4.23. The highest BCUT2D eigenvalue weighted by molar-refractivity contribution is 7.13. The van der Waals surface area contributed by atoms with Crippen molar-refractivity contribution in [2.75, 3.05) is 5.43 Å². The molecule has 0 spiro atoms. The summed E-state index contributed by atoms with van der Waals surface area (Å²) in [5.74, 6) is 0. The molecule has 0 fully saturated rings. The largest absolute Gasteiger partial charge is 0.253 e. The van der Waals surface area contributed by atoms with E-state index in [0.717, 1.165) is 15.7 Å². The Morgan fingerprint density at radius 2 is 2.43 bits per heavy atom. The molecule has 2 heterocycles. The minimum absolute atomic E-state index is 0.829. The van der Waals surface area contributed by atoms with Crippen LogP contribution in [0.15, 0.2) is 28.0 Å². The highest BCUT2D eigenvalue weighted by Crippen LogP contribution is 2.14. The second kappa shape index (κ2) is 4.34. The van der Waals surface area contributed by atoms with Crippen molar-refractivity contribution in [2.45, 2.75) is 6.92 Å². The van der Waals surface area contributed by atoms with Gasteiger partial charge in [0, 0.05) is 10.3 Å². The molecule has 0 unspecified atom stereocenters. The molecule has 0 saturated heterocycles. The van der Waals surface area contributed by atoms with Crippen molar-refractivity contribution in [1.82, 2.24) is 4.98 Å². The van der Waals surface area contributed by atoms with Gasteiger partial charge in [0.2, 0.25) is 5.13 Å². The minimum atomic E-state index is 0.829. The van der Waals surface area contributed by atoms with E-state index in [1.165, 1.54) is 0 Å². The van der Waals surface area contributed by atoms with E-state index in [1.54, 1.807) is 28.9 Å². The lowest BCUT2D eigenvalue weighted by Gasteiger charge is -1.90. The van der Waals surface area contributed by atoms with Crippen LogP contribution in [0.2, 0.25) is 0 Å². The molecular weight excluding hydrogens is 214 g/mol. The number of hydrogen-bond donors (Lipinski definition) is 1. The molecule has 0 aliphatic rings. The Bertz CT molecular complexity index is 417. The Hall–Kier alpha value is -1.20. The molecule has 2 rings (SSSR count). The molecule has 3 nitrogen and oxygen atoms in total. The van der Waals surface area contributed by atoms with Crippen molar-refractivity contribution in [3.8, 4) is 0 Å². The summed E-state index contributed by atoms with van der Waals surface area (Å²) in [6.45, 7) is 1.96. The average molecular weight is 223 g/mol. The smallest absolute Gasteiger partial charge is 0.203 e. The predicted octanol–water partition coefficient (Wildman–Crippen LogP) is 2.96. The number of thiazole rings is 1. The summed E-state index contributed by atoms with van der Waals surface area (Å²) in [6.07, 6.45) is 1.79. The summed E-state index contributed by atoms with van der Waals surface area (Å²) < 4.78 is 0. The van der Waals surface area contributed by atoms with Crippen LogP contribution < -0.4 is 5.43 Å². The third kappa shape index (κ3) is 2.40. The Balaban J connectivity index is 1.94. The summed E-state index contributed by atoms with van der Waals surface area (Å²) in [6, 6.07) is 4.02. The molecule has 0 aliphatic carbocycles. The fourth-order valence-electron chi connectivity index (χ4n) is 0.921. The van der Waals surface area contributed by atoms with E-state index >= 15 is 0 Å². The van der Waals surface area contributed by atoms with Gasteiger partial charge in [-0.1, -0.05) is 6.07 Å². The standard InChI is InChI=1S/C9H9N3S2/c1-7-6-14-9(11-7)12-10-5-8-3-2-4-13-8/h2-6H,1H3,(H,11,12). The van der Waals surface area contributed by atoms with E-state index < -0.39 is 0 Å². The SMILES string of the molecule is Cc1csc(NN=Cc2cccs2)n1. The number of hydrazone groups is 1. The molecule has 5 heteroatoms. The second-order valence-electron chi connectivity index (χ2n) is 2.68. The van der Waals surface area contributed by atoms with Crippen LogP contribution in [0.1, 0.15) is 10.6 Å². The summed E-state index contributed by atoms with van der Waals surface area (Å²) in [7, 11) is 0. The number of nitrogens with one attached hydrogen (secondary N) is 1. The molecule has 14 heavy (non-hydrogen) atoms. The van der Waals surface area contributed by atoms with Crippen LogP contribution in [0, 0.1) is 6.92 Å². The topological polar surface area (TPSA) is 37.3 Å². The minimum Gasteiger partial charge on any atom is -0.253 e. The lowest BCUT2D eigenvalue weighted by molar-refractivity contribution is 1.22. The molecule has 0 atom stereocenters. The molecular formula is C9H9N3S2. The molecule has 2 aromatic heterocycles. The van der Waals surface area contributed by atoms with E-state index in [4.69, 9.17) is 0 Å². The first-order valence-corrected chi connectivity index (χ1v) is 5.85. The predicted molar refractivity (Wildman–Crippen MR) is 62.4 cm³/mol. The molecule has 0 saturated carbocycles. The number of aromatic nitrogens is 1. The van der Waals surface area contributed by atoms with Crippen LogP contribution in [-0.4, -0.2) is 11.2 Å². The van der Waals surface area contributed by atoms with Crippen molar-refractivity contribution in [2.24, 2.45) is 5.10 Å². The lowest BCUT2D eigenvalue weighted by atomic mass is 10.5.